The Labute approximate surface area is 102 Å². The van der Waals surface area contributed by atoms with Gasteiger partial charge in [0.1, 0.15) is 0 Å². The Morgan fingerprint density at radius 2 is 2.24 bits per heavy atom. The van der Waals surface area contributed by atoms with Crippen molar-refractivity contribution in [3.8, 4) is 0 Å². The molecule has 1 aliphatic rings. The summed E-state index contributed by atoms with van der Waals surface area (Å²) in [7, 11) is 1.77. The summed E-state index contributed by atoms with van der Waals surface area (Å²) in [6.07, 6.45) is 6.28. The predicted molar refractivity (Wildman–Crippen MR) is 64.2 cm³/mol. The summed E-state index contributed by atoms with van der Waals surface area (Å²) in [5.74, 6) is 1.84. The summed E-state index contributed by atoms with van der Waals surface area (Å²) in [6, 6.07) is 0. The van der Waals surface area contributed by atoms with E-state index in [0.717, 1.165) is 31.0 Å². The Hall–Kier alpha value is -0.970. The largest absolute Gasteiger partial charge is 0.393 e. The van der Waals surface area contributed by atoms with Gasteiger partial charge >= 0.3 is 0 Å². The van der Waals surface area contributed by atoms with Gasteiger partial charge in [0, 0.05) is 6.42 Å². The number of nitrogens with zero attached hydrogens (tertiary/aromatic N) is 4. The molecule has 3 unspecified atom stereocenters. The number of hydrogen-bond acceptors (Lipinski definition) is 4. The van der Waals surface area contributed by atoms with Crippen molar-refractivity contribution in [1.29, 1.82) is 0 Å². The molecule has 1 heterocycles. The van der Waals surface area contributed by atoms with E-state index in [4.69, 9.17) is 0 Å². The number of hydrogen-bond donors (Lipinski definition) is 1. The van der Waals surface area contributed by atoms with Crippen molar-refractivity contribution in [1.82, 2.24) is 20.2 Å². The maximum Gasteiger partial charge on any atom is 0.175 e. The third-order valence-corrected chi connectivity index (χ3v) is 3.74. The van der Waals surface area contributed by atoms with Crippen LogP contribution in [-0.4, -0.2) is 31.4 Å². The number of aromatic nitrogens is 4. The molecule has 0 radical (unpaired) electrons. The van der Waals surface area contributed by atoms with Gasteiger partial charge in [-0.3, -0.25) is 0 Å². The summed E-state index contributed by atoms with van der Waals surface area (Å²) in [4.78, 5) is 1.48. The molecule has 0 saturated heterocycles. The highest BCUT2D eigenvalue weighted by Crippen LogP contribution is 2.33. The SMILES string of the molecule is CCCC1CCC(O)C(Cc2nnn(C)n2)C1. The van der Waals surface area contributed by atoms with Crippen LogP contribution in [0.5, 0.6) is 0 Å². The van der Waals surface area contributed by atoms with Crippen LogP contribution in [0.15, 0.2) is 0 Å². The third kappa shape index (κ3) is 3.25. The topological polar surface area (TPSA) is 63.8 Å². The first kappa shape index (κ1) is 12.5. The van der Waals surface area contributed by atoms with Crippen molar-refractivity contribution in [3.63, 3.8) is 0 Å². The first-order valence-corrected chi connectivity index (χ1v) is 6.60. The van der Waals surface area contributed by atoms with Crippen molar-refractivity contribution >= 4 is 0 Å². The molecule has 1 aliphatic carbocycles. The number of aliphatic hydroxyl groups excluding tert-OH is 1. The van der Waals surface area contributed by atoms with Gasteiger partial charge in [0.15, 0.2) is 5.82 Å². The second kappa shape index (κ2) is 5.58. The van der Waals surface area contributed by atoms with E-state index in [2.05, 4.69) is 22.3 Å². The standard InChI is InChI=1S/C12H22N4O/c1-3-4-9-5-6-11(17)10(7-9)8-12-13-15-16(2)14-12/h9-11,17H,3-8H2,1-2H3. The van der Waals surface area contributed by atoms with Crippen molar-refractivity contribution in [3.05, 3.63) is 5.82 Å². The molecule has 0 aliphatic heterocycles. The van der Waals surface area contributed by atoms with E-state index >= 15 is 0 Å². The zero-order valence-electron chi connectivity index (χ0n) is 10.7. The van der Waals surface area contributed by atoms with Gasteiger partial charge in [-0.25, -0.2) is 0 Å². The second-order valence-corrected chi connectivity index (χ2v) is 5.19. The zero-order chi connectivity index (χ0) is 12.3. The second-order valence-electron chi connectivity index (χ2n) is 5.19. The van der Waals surface area contributed by atoms with Crippen LogP contribution < -0.4 is 0 Å². The van der Waals surface area contributed by atoms with Gasteiger partial charge in [-0.1, -0.05) is 19.8 Å². The Kier molecular flexibility index (Phi) is 4.10. The first-order valence-electron chi connectivity index (χ1n) is 6.60. The normalized spacial score (nSPS) is 29.5. The number of aryl methyl sites for hydroxylation is 1. The molecule has 1 saturated carbocycles. The number of tetrazole rings is 1. The number of rotatable bonds is 4. The van der Waals surface area contributed by atoms with Gasteiger partial charge in [0.25, 0.3) is 0 Å². The molecule has 2 rings (SSSR count). The van der Waals surface area contributed by atoms with Crippen molar-refractivity contribution in [2.45, 2.75) is 51.6 Å². The van der Waals surface area contributed by atoms with Crippen molar-refractivity contribution < 1.29 is 5.11 Å². The molecule has 1 aromatic heterocycles. The van der Waals surface area contributed by atoms with Crippen molar-refractivity contribution in [2.75, 3.05) is 0 Å². The lowest BCUT2D eigenvalue weighted by molar-refractivity contribution is 0.0453. The van der Waals surface area contributed by atoms with Gasteiger partial charge < -0.3 is 5.11 Å². The minimum absolute atomic E-state index is 0.188. The molecule has 0 spiro atoms. The van der Waals surface area contributed by atoms with Crippen LogP contribution in [0.1, 0.15) is 44.9 Å². The minimum Gasteiger partial charge on any atom is -0.393 e. The van der Waals surface area contributed by atoms with Gasteiger partial charge in [0.2, 0.25) is 0 Å². The Balaban J connectivity index is 1.93. The van der Waals surface area contributed by atoms with E-state index in [9.17, 15) is 5.11 Å². The van der Waals surface area contributed by atoms with Crippen LogP contribution in [0.2, 0.25) is 0 Å². The third-order valence-electron chi connectivity index (χ3n) is 3.74. The fraction of sp³-hybridized carbons (Fsp3) is 0.917. The first-order chi connectivity index (χ1) is 8.19. The summed E-state index contributed by atoms with van der Waals surface area (Å²) in [5, 5.41) is 22.1. The lowest BCUT2D eigenvalue weighted by atomic mass is 9.76. The molecule has 0 bridgehead atoms. The van der Waals surface area contributed by atoms with Gasteiger partial charge in [-0.2, -0.15) is 4.80 Å². The molecule has 0 aromatic carbocycles. The smallest absolute Gasteiger partial charge is 0.175 e. The molecule has 17 heavy (non-hydrogen) atoms. The van der Waals surface area contributed by atoms with E-state index in [-0.39, 0.29) is 6.10 Å². The molecule has 5 heteroatoms. The fourth-order valence-corrected chi connectivity index (χ4v) is 2.87. The maximum absolute atomic E-state index is 10.0. The Bertz CT molecular complexity index is 352. The molecule has 1 fully saturated rings. The fourth-order valence-electron chi connectivity index (χ4n) is 2.87. The molecular formula is C12H22N4O. The number of aliphatic hydroxyl groups is 1. The summed E-state index contributed by atoms with van der Waals surface area (Å²) in [6.45, 7) is 2.23. The van der Waals surface area contributed by atoms with E-state index in [1.54, 1.807) is 7.05 Å². The van der Waals surface area contributed by atoms with Gasteiger partial charge in [-0.05, 0) is 36.3 Å². The lowest BCUT2D eigenvalue weighted by Crippen LogP contribution is -2.31. The van der Waals surface area contributed by atoms with E-state index in [1.165, 1.54) is 24.1 Å². The van der Waals surface area contributed by atoms with Gasteiger partial charge in [-0.15, -0.1) is 10.2 Å². The highest BCUT2D eigenvalue weighted by molar-refractivity contribution is 4.88. The Morgan fingerprint density at radius 1 is 1.41 bits per heavy atom. The minimum atomic E-state index is -0.188. The van der Waals surface area contributed by atoms with Crippen LogP contribution in [0.4, 0.5) is 0 Å². The van der Waals surface area contributed by atoms with Crippen LogP contribution in [-0.2, 0) is 13.5 Å². The molecule has 1 aromatic rings. The summed E-state index contributed by atoms with van der Waals surface area (Å²) >= 11 is 0. The average Bonchev–Trinajstić information content (AvgIpc) is 2.69. The van der Waals surface area contributed by atoms with Gasteiger partial charge in [0.05, 0.1) is 13.2 Å². The summed E-state index contributed by atoms with van der Waals surface area (Å²) in [5.41, 5.74) is 0. The van der Waals surface area contributed by atoms with Crippen LogP contribution in [0.3, 0.4) is 0 Å². The van der Waals surface area contributed by atoms with Crippen LogP contribution in [0.25, 0.3) is 0 Å². The molecule has 5 nitrogen and oxygen atoms in total. The molecule has 1 N–H and O–H groups in total. The van der Waals surface area contributed by atoms with Crippen LogP contribution >= 0.6 is 0 Å². The lowest BCUT2D eigenvalue weighted by Gasteiger charge is -2.32. The quantitative estimate of drug-likeness (QED) is 0.859. The molecule has 96 valence electrons. The molecule has 3 atom stereocenters. The van der Waals surface area contributed by atoms with Crippen LogP contribution in [0, 0.1) is 11.8 Å². The van der Waals surface area contributed by atoms with E-state index in [0.29, 0.717) is 5.92 Å². The highest BCUT2D eigenvalue weighted by atomic mass is 16.3. The van der Waals surface area contributed by atoms with E-state index in [1.807, 2.05) is 0 Å². The summed E-state index contributed by atoms with van der Waals surface area (Å²) < 4.78 is 0. The maximum atomic E-state index is 10.0. The van der Waals surface area contributed by atoms with Crippen molar-refractivity contribution in [2.24, 2.45) is 18.9 Å². The Morgan fingerprint density at radius 3 is 2.88 bits per heavy atom. The monoisotopic (exact) mass is 238 g/mol. The predicted octanol–water partition coefficient (Wildman–Crippen LogP) is 1.33. The highest BCUT2D eigenvalue weighted by Gasteiger charge is 2.29. The molecular weight excluding hydrogens is 216 g/mol. The molecule has 0 amide bonds. The van der Waals surface area contributed by atoms with E-state index < -0.39 is 0 Å². The average molecular weight is 238 g/mol. The zero-order valence-corrected chi connectivity index (χ0v) is 10.7.